The van der Waals surface area contributed by atoms with Crippen molar-refractivity contribution in [3.8, 4) is 0 Å². The van der Waals surface area contributed by atoms with Crippen LogP contribution in [-0.2, 0) is 4.74 Å². The summed E-state index contributed by atoms with van der Waals surface area (Å²) in [4.78, 5) is 12.2. The summed E-state index contributed by atoms with van der Waals surface area (Å²) in [6.07, 6.45) is 2.72. The van der Waals surface area contributed by atoms with E-state index in [4.69, 9.17) is 4.74 Å². The summed E-state index contributed by atoms with van der Waals surface area (Å²) in [6.45, 7) is 5.66. The molecule has 92 valence electrons. The second-order valence-corrected chi connectivity index (χ2v) is 5.00. The van der Waals surface area contributed by atoms with Crippen molar-refractivity contribution >= 4 is 5.78 Å². The van der Waals surface area contributed by atoms with Gasteiger partial charge in [0.2, 0.25) is 0 Å². The number of hydrogen-bond donors (Lipinski definition) is 0. The Bertz CT molecular complexity index is 403. The minimum absolute atomic E-state index is 0.290. The Hall–Kier alpha value is -1.15. The zero-order valence-electron chi connectivity index (χ0n) is 10.7. The van der Waals surface area contributed by atoms with E-state index in [2.05, 4.69) is 6.07 Å². The van der Waals surface area contributed by atoms with E-state index < -0.39 is 0 Å². The quantitative estimate of drug-likeness (QED) is 0.747. The number of Topliss-reactive ketones (excluding diaryl/α,β-unsaturated/α-hetero) is 1. The van der Waals surface area contributed by atoms with Gasteiger partial charge < -0.3 is 4.74 Å². The van der Waals surface area contributed by atoms with Crippen LogP contribution in [-0.4, -0.2) is 19.0 Å². The second-order valence-electron chi connectivity index (χ2n) is 5.00. The van der Waals surface area contributed by atoms with Crippen LogP contribution >= 0.6 is 0 Å². The van der Waals surface area contributed by atoms with Crippen LogP contribution in [0, 0.1) is 19.8 Å². The highest BCUT2D eigenvalue weighted by Crippen LogP contribution is 2.22. The lowest BCUT2D eigenvalue weighted by Crippen LogP contribution is -2.19. The number of carbonyl (C=O) groups is 1. The number of hydrogen-bond acceptors (Lipinski definition) is 2. The molecule has 2 nitrogen and oxygen atoms in total. The molecule has 0 saturated carbocycles. The Morgan fingerprint density at radius 2 is 2.00 bits per heavy atom. The molecule has 1 heterocycles. The Kier molecular flexibility index (Phi) is 3.95. The van der Waals surface area contributed by atoms with Crippen LogP contribution in [0.25, 0.3) is 0 Å². The summed E-state index contributed by atoms with van der Waals surface area (Å²) in [5.74, 6) is 0.800. The van der Waals surface area contributed by atoms with Crippen LogP contribution in [0.3, 0.4) is 0 Å². The first-order valence-corrected chi connectivity index (χ1v) is 6.35. The predicted molar refractivity (Wildman–Crippen MR) is 68.4 cm³/mol. The lowest BCUT2D eigenvalue weighted by Gasteiger charge is -2.21. The first kappa shape index (κ1) is 12.3. The highest BCUT2D eigenvalue weighted by Gasteiger charge is 2.19. The van der Waals surface area contributed by atoms with Crippen molar-refractivity contribution in [1.82, 2.24) is 0 Å². The zero-order chi connectivity index (χ0) is 12.3. The van der Waals surface area contributed by atoms with Crippen molar-refractivity contribution < 1.29 is 9.53 Å². The third-order valence-electron chi connectivity index (χ3n) is 3.51. The van der Waals surface area contributed by atoms with Crippen LogP contribution < -0.4 is 0 Å². The van der Waals surface area contributed by atoms with Crippen LogP contribution in [0.1, 0.15) is 40.7 Å². The first-order valence-electron chi connectivity index (χ1n) is 6.35. The third kappa shape index (κ3) is 3.16. The molecular weight excluding hydrogens is 212 g/mol. The predicted octanol–water partition coefficient (Wildman–Crippen LogP) is 3.30. The summed E-state index contributed by atoms with van der Waals surface area (Å²) in [7, 11) is 0. The van der Waals surface area contributed by atoms with Gasteiger partial charge in [0.15, 0.2) is 5.78 Å². The smallest absolute Gasteiger partial charge is 0.163 e. The van der Waals surface area contributed by atoms with E-state index in [1.54, 1.807) is 0 Å². The fourth-order valence-corrected chi connectivity index (χ4v) is 2.36. The number of rotatable bonds is 3. The molecule has 0 atom stereocenters. The van der Waals surface area contributed by atoms with Gasteiger partial charge in [0.25, 0.3) is 0 Å². The molecule has 0 spiro atoms. The van der Waals surface area contributed by atoms with E-state index in [1.165, 1.54) is 0 Å². The van der Waals surface area contributed by atoms with Crippen molar-refractivity contribution in [3.63, 3.8) is 0 Å². The number of ether oxygens (including phenoxy) is 1. The van der Waals surface area contributed by atoms with Crippen LogP contribution in [0.5, 0.6) is 0 Å². The summed E-state index contributed by atoms with van der Waals surface area (Å²) < 4.78 is 5.32. The lowest BCUT2D eigenvalue weighted by atomic mass is 9.90. The van der Waals surface area contributed by atoms with E-state index >= 15 is 0 Å². The van der Waals surface area contributed by atoms with Crippen molar-refractivity contribution in [2.45, 2.75) is 33.1 Å². The molecular formula is C15H20O2. The summed E-state index contributed by atoms with van der Waals surface area (Å²) in [6, 6.07) is 6.10. The molecule has 1 fully saturated rings. The van der Waals surface area contributed by atoms with Crippen molar-refractivity contribution in [2.75, 3.05) is 13.2 Å². The van der Waals surface area contributed by atoms with Gasteiger partial charge in [-0.3, -0.25) is 4.79 Å². The zero-order valence-corrected chi connectivity index (χ0v) is 10.7. The maximum absolute atomic E-state index is 12.2. The molecule has 2 heteroatoms. The second kappa shape index (κ2) is 5.46. The van der Waals surface area contributed by atoms with Gasteiger partial charge in [0, 0.05) is 25.2 Å². The van der Waals surface area contributed by atoms with Crippen LogP contribution in [0.15, 0.2) is 18.2 Å². The standard InChI is InChI=1S/C15H20O2/c1-11-3-4-12(2)14(9-11)15(16)10-13-5-7-17-8-6-13/h3-4,9,13H,5-8,10H2,1-2H3. The first-order chi connectivity index (χ1) is 8.16. The maximum atomic E-state index is 12.2. The molecule has 1 aromatic carbocycles. The topological polar surface area (TPSA) is 26.3 Å². The fraction of sp³-hybridized carbons (Fsp3) is 0.533. The monoisotopic (exact) mass is 232 g/mol. The highest BCUT2D eigenvalue weighted by atomic mass is 16.5. The molecule has 0 amide bonds. The normalized spacial score (nSPS) is 17.1. The molecule has 1 aromatic rings. The highest BCUT2D eigenvalue weighted by molar-refractivity contribution is 5.97. The molecule has 2 rings (SSSR count). The Morgan fingerprint density at radius 3 is 2.71 bits per heavy atom. The molecule has 17 heavy (non-hydrogen) atoms. The maximum Gasteiger partial charge on any atom is 0.163 e. The number of benzene rings is 1. The van der Waals surface area contributed by atoms with Gasteiger partial charge in [-0.15, -0.1) is 0 Å². The van der Waals surface area contributed by atoms with Gasteiger partial charge in [-0.05, 0) is 44.2 Å². The fourth-order valence-electron chi connectivity index (χ4n) is 2.36. The molecule has 1 aliphatic heterocycles. The average molecular weight is 232 g/mol. The average Bonchev–Trinajstić information content (AvgIpc) is 2.33. The van der Waals surface area contributed by atoms with Crippen molar-refractivity contribution in [1.29, 1.82) is 0 Å². The molecule has 0 unspecified atom stereocenters. The van der Waals surface area contributed by atoms with Crippen LogP contribution in [0.2, 0.25) is 0 Å². The molecule has 0 aromatic heterocycles. The number of carbonyl (C=O) groups excluding carboxylic acids is 1. The van der Waals surface area contributed by atoms with Crippen LogP contribution in [0.4, 0.5) is 0 Å². The van der Waals surface area contributed by atoms with Gasteiger partial charge in [0.1, 0.15) is 0 Å². The van der Waals surface area contributed by atoms with Gasteiger partial charge in [-0.2, -0.15) is 0 Å². The Labute approximate surface area is 103 Å². The molecule has 1 aliphatic rings. The number of ketones is 1. The molecule has 0 aliphatic carbocycles. The molecule has 0 N–H and O–H groups in total. The minimum Gasteiger partial charge on any atom is -0.381 e. The van der Waals surface area contributed by atoms with Crippen molar-refractivity contribution in [2.24, 2.45) is 5.92 Å². The van der Waals surface area contributed by atoms with E-state index in [9.17, 15) is 4.79 Å². The van der Waals surface area contributed by atoms with Gasteiger partial charge >= 0.3 is 0 Å². The van der Waals surface area contributed by atoms with Gasteiger partial charge in [0.05, 0.1) is 0 Å². The molecule has 0 bridgehead atoms. The summed E-state index contributed by atoms with van der Waals surface area (Å²) in [5, 5.41) is 0. The van der Waals surface area contributed by atoms with Gasteiger partial charge in [-0.25, -0.2) is 0 Å². The number of aryl methyl sites for hydroxylation is 2. The van der Waals surface area contributed by atoms with E-state index in [1.807, 2.05) is 26.0 Å². The summed E-state index contributed by atoms with van der Waals surface area (Å²) >= 11 is 0. The van der Waals surface area contributed by atoms with Crippen molar-refractivity contribution in [3.05, 3.63) is 34.9 Å². The largest absolute Gasteiger partial charge is 0.381 e. The molecule has 0 radical (unpaired) electrons. The Morgan fingerprint density at radius 1 is 1.29 bits per heavy atom. The SMILES string of the molecule is Cc1ccc(C)c(C(=O)CC2CCOCC2)c1. The van der Waals surface area contributed by atoms with E-state index in [0.717, 1.165) is 42.7 Å². The lowest BCUT2D eigenvalue weighted by molar-refractivity contribution is 0.0601. The Balaban J connectivity index is 2.05. The minimum atomic E-state index is 0.290. The van der Waals surface area contributed by atoms with Gasteiger partial charge in [-0.1, -0.05) is 17.7 Å². The molecule has 1 saturated heterocycles. The summed E-state index contributed by atoms with van der Waals surface area (Å²) in [5.41, 5.74) is 3.15. The van der Waals surface area contributed by atoms with E-state index in [-0.39, 0.29) is 5.78 Å². The third-order valence-corrected chi connectivity index (χ3v) is 3.51. The van der Waals surface area contributed by atoms with E-state index in [0.29, 0.717) is 12.3 Å².